The van der Waals surface area contributed by atoms with Gasteiger partial charge in [0.15, 0.2) is 0 Å². The van der Waals surface area contributed by atoms with Crippen molar-refractivity contribution in [3.63, 3.8) is 0 Å². The second kappa shape index (κ2) is 5.09. The van der Waals surface area contributed by atoms with Crippen molar-refractivity contribution in [1.29, 1.82) is 0 Å². The van der Waals surface area contributed by atoms with Gasteiger partial charge in [-0.15, -0.1) is 0 Å². The lowest BCUT2D eigenvalue weighted by atomic mass is 10.0. The fourth-order valence-corrected chi connectivity index (χ4v) is 2.45. The molecule has 0 atom stereocenters. The second-order valence-corrected chi connectivity index (χ2v) is 5.36. The number of hydrogen-bond donors (Lipinski definition) is 1. The highest BCUT2D eigenvalue weighted by Gasteiger charge is 2.17. The largest absolute Gasteiger partial charge is 0.493 e. The number of aromatic nitrogens is 2. The Morgan fingerprint density at radius 1 is 0.905 bits per heavy atom. The molecule has 0 amide bonds. The lowest BCUT2D eigenvalue weighted by molar-refractivity contribution is 0.430. The van der Waals surface area contributed by atoms with Crippen molar-refractivity contribution in [3.8, 4) is 22.8 Å². The van der Waals surface area contributed by atoms with Crippen LogP contribution in [0.5, 0.6) is 5.88 Å². The average Bonchev–Trinajstić information content (AvgIpc) is 2.77. The van der Waals surface area contributed by atoms with Crippen LogP contribution in [-0.4, -0.2) is 14.9 Å². The molecule has 3 rings (SSSR count). The van der Waals surface area contributed by atoms with E-state index in [2.05, 4.69) is 18.1 Å². The predicted molar refractivity (Wildman–Crippen MR) is 84.9 cm³/mol. The van der Waals surface area contributed by atoms with Crippen LogP contribution in [0, 0.1) is 20.8 Å². The summed E-state index contributed by atoms with van der Waals surface area (Å²) in [5.41, 5.74) is 5.86. The molecule has 0 aliphatic heterocycles. The van der Waals surface area contributed by atoms with Gasteiger partial charge < -0.3 is 5.11 Å². The first-order chi connectivity index (χ1) is 10.1. The van der Waals surface area contributed by atoms with Crippen LogP contribution in [0.2, 0.25) is 0 Å². The molecule has 0 bridgehead atoms. The number of benzene rings is 2. The average molecular weight is 278 g/mol. The highest BCUT2D eigenvalue weighted by atomic mass is 16.3. The Morgan fingerprint density at radius 2 is 1.57 bits per heavy atom. The standard InChI is InChI=1S/C18H18N2O/c1-12-8-10-15(11-9-12)20-18(21)14(3)17(19-20)16-7-5-4-6-13(16)2/h4-11,21H,1-3H3. The van der Waals surface area contributed by atoms with Crippen LogP contribution in [0.25, 0.3) is 16.9 Å². The molecule has 21 heavy (non-hydrogen) atoms. The summed E-state index contributed by atoms with van der Waals surface area (Å²) in [6, 6.07) is 16.0. The number of aryl methyl sites for hydroxylation is 2. The van der Waals surface area contributed by atoms with E-state index in [4.69, 9.17) is 0 Å². The van der Waals surface area contributed by atoms with Crippen molar-refractivity contribution < 1.29 is 5.11 Å². The second-order valence-electron chi connectivity index (χ2n) is 5.36. The van der Waals surface area contributed by atoms with E-state index in [0.717, 1.165) is 28.1 Å². The molecular weight excluding hydrogens is 260 g/mol. The lowest BCUT2D eigenvalue weighted by Gasteiger charge is -2.03. The summed E-state index contributed by atoms with van der Waals surface area (Å²) < 4.78 is 1.59. The van der Waals surface area contributed by atoms with Gasteiger partial charge in [-0.1, -0.05) is 42.0 Å². The number of rotatable bonds is 2. The summed E-state index contributed by atoms with van der Waals surface area (Å²) in [5, 5.41) is 15.0. The van der Waals surface area contributed by atoms with Crippen molar-refractivity contribution in [3.05, 3.63) is 65.2 Å². The quantitative estimate of drug-likeness (QED) is 0.764. The van der Waals surface area contributed by atoms with Gasteiger partial charge in [0.1, 0.15) is 0 Å². The normalized spacial score (nSPS) is 10.8. The van der Waals surface area contributed by atoms with Gasteiger partial charge in [-0.25, -0.2) is 4.68 Å². The molecule has 0 spiro atoms. The first kappa shape index (κ1) is 13.4. The summed E-state index contributed by atoms with van der Waals surface area (Å²) in [6.45, 7) is 5.99. The van der Waals surface area contributed by atoms with E-state index < -0.39 is 0 Å². The van der Waals surface area contributed by atoms with Crippen LogP contribution in [0.3, 0.4) is 0 Å². The van der Waals surface area contributed by atoms with Crippen molar-refractivity contribution in [2.45, 2.75) is 20.8 Å². The zero-order chi connectivity index (χ0) is 15.0. The molecule has 3 aromatic rings. The summed E-state index contributed by atoms with van der Waals surface area (Å²) >= 11 is 0. The van der Waals surface area contributed by atoms with Crippen molar-refractivity contribution in [1.82, 2.24) is 9.78 Å². The van der Waals surface area contributed by atoms with Crippen molar-refractivity contribution in [2.75, 3.05) is 0 Å². The summed E-state index contributed by atoms with van der Waals surface area (Å²) in [6.07, 6.45) is 0. The topological polar surface area (TPSA) is 38.0 Å². The summed E-state index contributed by atoms with van der Waals surface area (Å²) in [4.78, 5) is 0. The zero-order valence-corrected chi connectivity index (χ0v) is 12.5. The number of aromatic hydroxyl groups is 1. The van der Waals surface area contributed by atoms with Gasteiger partial charge in [0.2, 0.25) is 5.88 Å². The smallest absolute Gasteiger partial charge is 0.217 e. The molecule has 2 aromatic carbocycles. The SMILES string of the molecule is Cc1ccc(-n2nc(-c3ccccc3C)c(C)c2O)cc1. The third-order valence-electron chi connectivity index (χ3n) is 3.77. The summed E-state index contributed by atoms with van der Waals surface area (Å²) in [5.74, 6) is 0.192. The van der Waals surface area contributed by atoms with E-state index in [1.165, 1.54) is 5.56 Å². The molecule has 0 saturated heterocycles. The Hall–Kier alpha value is -2.55. The first-order valence-corrected chi connectivity index (χ1v) is 6.99. The molecule has 106 valence electrons. The molecule has 1 aromatic heterocycles. The van der Waals surface area contributed by atoms with Gasteiger partial charge >= 0.3 is 0 Å². The molecule has 0 radical (unpaired) electrons. The molecule has 3 nitrogen and oxygen atoms in total. The Kier molecular flexibility index (Phi) is 3.26. The Balaban J connectivity index is 2.16. The molecule has 0 unspecified atom stereocenters. The van der Waals surface area contributed by atoms with E-state index >= 15 is 0 Å². The lowest BCUT2D eigenvalue weighted by Crippen LogP contribution is -1.96. The number of hydrogen-bond acceptors (Lipinski definition) is 2. The molecule has 0 saturated carbocycles. The highest BCUT2D eigenvalue weighted by Crippen LogP contribution is 2.32. The predicted octanol–water partition coefficient (Wildman–Crippen LogP) is 4.17. The van der Waals surface area contributed by atoms with Crippen LogP contribution in [-0.2, 0) is 0 Å². The van der Waals surface area contributed by atoms with E-state index in [-0.39, 0.29) is 5.88 Å². The fourth-order valence-electron chi connectivity index (χ4n) is 2.45. The Morgan fingerprint density at radius 3 is 2.24 bits per heavy atom. The minimum Gasteiger partial charge on any atom is -0.493 e. The maximum Gasteiger partial charge on any atom is 0.217 e. The van der Waals surface area contributed by atoms with Crippen LogP contribution in [0.1, 0.15) is 16.7 Å². The van der Waals surface area contributed by atoms with E-state index in [9.17, 15) is 5.11 Å². The minimum absolute atomic E-state index is 0.192. The molecule has 1 heterocycles. The maximum atomic E-state index is 10.4. The monoisotopic (exact) mass is 278 g/mol. The summed E-state index contributed by atoms with van der Waals surface area (Å²) in [7, 11) is 0. The Bertz CT molecular complexity index is 785. The molecule has 3 heteroatoms. The fraction of sp³-hybridized carbons (Fsp3) is 0.167. The van der Waals surface area contributed by atoms with Crippen LogP contribution in [0.4, 0.5) is 0 Å². The highest BCUT2D eigenvalue weighted by molar-refractivity contribution is 5.68. The van der Waals surface area contributed by atoms with Gasteiger partial charge in [0.25, 0.3) is 0 Å². The molecule has 0 aliphatic rings. The van der Waals surface area contributed by atoms with Gasteiger partial charge in [-0.05, 0) is 38.5 Å². The molecule has 0 fully saturated rings. The number of nitrogens with zero attached hydrogens (tertiary/aromatic N) is 2. The first-order valence-electron chi connectivity index (χ1n) is 6.99. The minimum atomic E-state index is 0.192. The van der Waals surface area contributed by atoms with Crippen LogP contribution >= 0.6 is 0 Å². The van der Waals surface area contributed by atoms with Crippen LogP contribution < -0.4 is 0 Å². The third kappa shape index (κ3) is 2.31. The zero-order valence-electron chi connectivity index (χ0n) is 12.5. The molecule has 1 N–H and O–H groups in total. The van der Waals surface area contributed by atoms with Gasteiger partial charge in [-0.2, -0.15) is 5.10 Å². The van der Waals surface area contributed by atoms with Gasteiger partial charge in [0.05, 0.1) is 11.4 Å². The van der Waals surface area contributed by atoms with E-state index in [1.807, 2.05) is 56.3 Å². The van der Waals surface area contributed by atoms with Gasteiger partial charge in [0, 0.05) is 11.1 Å². The molecular formula is C18H18N2O. The van der Waals surface area contributed by atoms with Crippen LogP contribution in [0.15, 0.2) is 48.5 Å². The van der Waals surface area contributed by atoms with Crippen molar-refractivity contribution in [2.24, 2.45) is 0 Å². The van der Waals surface area contributed by atoms with E-state index in [1.54, 1.807) is 4.68 Å². The molecule has 0 aliphatic carbocycles. The van der Waals surface area contributed by atoms with Gasteiger partial charge in [-0.3, -0.25) is 0 Å². The maximum absolute atomic E-state index is 10.4. The van der Waals surface area contributed by atoms with E-state index in [0.29, 0.717) is 0 Å². The Labute approximate surface area is 124 Å². The third-order valence-corrected chi connectivity index (χ3v) is 3.77. The van der Waals surface area contributed by atoms with Crippen molar-refractivity contribution >= 4 is 0 Å².